The van der Waals surface area contributed by atoms with E-state index in [-0.39, 0.29) is 17.5 Å². The van der Waals surface area contributed by atoms with Crippen LogP contribution in [-0.2, 0) is 9.84 Å². The molecule has 3 rings (SSSR count). The minimum atomic E-state index is -2.81. The molecule has 1 saturated heterocycles. The number of hydrogen-bond donors (Lipinski definition) is 1. The fourth-order valence-electron chi connectivity index (χ4n) is 2.12. The van der Waals surface area contributed by atoms with Crippen LogP contribution in [0.1, 0.15) is 12.8 Å². The van der Waals surface area contributed by atoms with Crippen LogP contribution in [0.25, 0.3) is 10.2 Å². The van der Waals surface area contributed by atoms with Gasteiger partial charge in [-0.1, -0.05) is 0 Å². The summed E-state index contributed by atoms with van der Waals surface area (Å²) in [4.78, 5) is 8.43. The summed E-state index contributed by atoms with van der Waals surface area (Å²) < 4.78 is 23.8. The molecule has 0 aromatic carbocycles. The van der Waals surface area contributed by atoms with E-state index < -0.39 is 9.84 Å². The number of nitrogens with zero attached hydrogens (tertiary/aromatic N) is 2. The zero-order valence-corrected chi connectivity index (χ0v) is 11.3. The van der Waals surface area contributed by atoms with Gasteiger partial charge in [0, 0.05) is 6.04 Å². The van der Waals surface area contributed by atoms with Crippen LogP contribution < -0.4 is 5.32 Å². The number of rotatable bonds is 2. The molecule has 0 atom stereocenters. The van der Waals surface area contributed by atoms with Crippen molar-refractivity contribution < 1.29 is 8.42 Å². The Morgan fingerprint density at radius 2 is 2.06 bits per heavy atom. The van der Waals surface area contributed by atoms with E-state index in [4.69, 9.17) is 0 Å². The number of nitrogens with one attached hydrogen (secondary N) is 1. The fraction of sp³-hybridized carbons (Fsp3) is 0.455. The molecule has 2 aromatic heterocycles. The van der Waals surface area contributed by atoms with Gasteiger partial charge in [0.15, 0.2) is 0 Å². The summed E-state index contributed by atoms with van der Waals surface area (Å²) in [5.41, 5.74) is 0.931. The van der Waals surface area contributed by atoms with Crippen LogP contribution in [0, 0.1) is 0 Å². The third-order valence-electron chi connectivity index (χ3n) is 3.14. The van der Waals surface area contributed by atoms with Crippen LogP contribution in [0.2, 0.25) is 0 Å². The van der Waals surface area contributed by atoms with E-state index in [0.717, 1.165) is 16.0 Å². The molecular weight excluding hydrogens is 270 g/mol. The van der Waals surface area contributed by atoms with Crippen molar-refractivity contribution >= 4 is 37.2 Å². The van der Waals surface area contributed by atoms with E-state index in [9.17, 15) is 8.42 Å². The second-order valence-electron chi connectivity index (χ2n) is 4.43. The SMILES string of the molecule is O=S1(=O)CCC(Nc2ncnc3ccsc23)CC1. The maximum atomic E-state index is 11.4. The van der Waals surface area contributed by atoms with Crippen molar-refractivity contribution in [2.75, 3.05) is 16.8 Å². The Morgan fingerprint density at radius 3 is 2.83 bits per heavy atom. The molecule has 1 aliphatic heterocycles. The van der Waals surface area contributed by atoms with Crippen molar-refractivity contribution in [3.05, 3.63) is 17.8 Å². The lowest BCUT2D eigenvalue weighted by atomic mass is 10.1. The quantitative estimate of drug-likeness (QED) is 0.908. The number of fused-ring (bicyclic) bond motifs is 1. The van der Waals surface area contributed by atoms with Crippen molar-refractivity contribution in [2.24, 2.45) is 0 Å². The van der Waals surface area contributed by atoms with E-state index in [1.165, 1.54) is 6.33 Å². The molecule has 18 heavy (non-hydrogen) atoms. The van der Waals surface area contributed by atoms with Crippen molar-refractivity contribution in [1.29, 1.82) is 0 Å². The predicted octanol–water partition coefficient (Wildman–Crippen LogP) is 1.68. The van der Waals surface area contributed by atoms with E-state index in [0.29, 0.717) is 12.8 Å². The molecule has 0 saturated carbocycles. The van der Waals surface area contributed by atoms with Crippen LogP contribution in [0.5, 0.6) is 0 Å². The number of sulfone groups is 1. The van der Waals surface area contributed by atoms with Gasteiger partial charge >= 0.3 is 0 Å². The molecule has 1 fully saturated rings. The van der Waals surface area contributed by atoms with Crippen LogP contribution in [-0.4, -0.2) is 35.9 Å². The topological polar surface area (TPSA) is 72.0 Å². The third-order valence-corrected chi connectivity index (χ3v) is 5.76. The maximum absolute atomic E-state index is 11.4. The summed E-state index contributed by atoms with van der Waals surface area (Å²) in [6.07, 6.45) is 2.84. The summed E-state index contributed by atoms with van der Waals surface area (Å²) in [6.45, 7) is 0. The highest BCUT2D eigenvalue weighted by Gasteiger charge is 2.24. The van der Waals surface area contributed by atoms with Crippen LogP contribution in [0.15, 0.2) is 17.8 Å². The summed E-state index contributed by atoms with van der Waals surface area (Å²) in [5, 5.41) is 5.32. The second-order valence-corrected chi connectivity index (χ2v) is 7.65. The van der Waals surface area contributed by atoms with Gasteiger partial charge in [0.1, 0.15) is 22.0 Å². The largest absolute Gasteiger partial charge is 0.366 e. The zero-order valence-electron chi connectivity index (χ0n) is 9.67. The van der Waals surface area contributed by atoms with E-state index in [1.807, 2.05) is 11.4 Å². The molecule has 0 aliphatic carbocycles. The molecule has 96 valence electrons. The van der Waals surface area contributed by atoms with Crippen molar-refractivity contribution in [3.63, 3.8) is 0 Å². The first-order valence-corrected chi connectivity index (χ1v) is 8.49. The molecule has 2 aromatic rings. The second kappa shape index (κ2) is 4.47. The van der Waals surface area contributed by atoms with Gasteiger partial charge in [0.2, 0.25) is 0 Å². The molecule has 0 radical (unpaired) electrons. The number of aromatic nitrogens is 2. The molecule has 1 aliphatic rings. The highest BCUT2D eigenvalue weighted by atomic mass is 32.2. The summed E-state index contributed by atoms with van der Waals surface area (Å²) in [6, 6.07) is 2.15. The minimum Gasteiger partial charge on any atom is -0.366 e. The first-order valence-electron chi connectivity index (χ1n) is 5.79. The van der Waals surface area contributed by atoms with Crippen LogP contribution in [0.3, 0.4) is 0 Å². The van der Waals surface area contributed by atoms with E-state index in [1.54, 1.807) is 11.3 Å². The van der Waals surface area contributed by atoms with Gasteiger partial charge in [-0.05, 0) is 24.3 Å². The Kier molecular flexibility index (Phi) is 2.95. The zero-order chi connectivity index (χ0) is 12.6. The Bertz CT molecular complexity index is 652. The lowest BCUT2D eigenvalue weighted by Gasteiger charge is -2.23. The van der Waals surface area contributed by atoms with Crippen LogP contribution in [0.4, 0.5) is 5.82 Å². The Labute approximate surface area is 109 Å². The highest BCUT2D eigenvalue weighted by Crippen LogP contribution is 2.26. The minimum absolute atomic E-state index is 0.189. The summed E-state index contributed by atoms with van der Waals surface area (Å²) in [5.74, 6) is 1.35. The molecular formula is C11H13N3O2S2. The average Bonchev–Trinajstić information content (AvgIpc) is 2.81. The lowest BCUT2D eigenvalue weighted by Crippen LogP contribution is -2.32. The van der Waals surface area contributed by atoms with Crippen LogP contribution >= 0.6 is 11.3 Å². The molecule has 0 spiro atoms. The number of anilines is 1. The molecule has 1 N–H and O–H groups in total. The van der Waals surface area contributed by atoms with Gasteiger partial charge in [-0.3, -0.25) is 0 Å². The monoisotopic (exact) mass is 283 g/mol. The smallest absolute Gasteiger partial charge is 0.150 e. The first-order chi connectivity index (χ1) is 8.64. The molecule has 7 heteroatoms. The molecule has 0 unspecified atom stereocenters. The summed E-state index contributed by atoms with van der Waals surface area (Å²) in [7, 11) is -2.81. The number of thiophene rings is 1. The van der Waals surface area contributed by atoms with Gasteiger partial charge in [-0.25, -0.2) is 18.4 Å². The van der Waals surface area contributed by atoms with E-state index >= 15 is 0 Å². The van der Waals surface area contributed by atoms with E-state index in [2.05, 4.69) is 15.3 Å². The maximum Gasteiger partial charge on any atom is 0.150 e. The molecule has 3 heterocycles. The van der Waals surface area contributed by atoms with Gasteiger partial charge < -0.3 is 5.32 Å². The Morgan fingerprint density at radius 1 is 1.28 bits per heavy atom. The van der Waals surface area contributed by atoms with Gasteiger partial charge in [0.25, 0.3) is 0 Å². The molecule has 5 nitrogen and oxygen atoms in total. The molecule has 0 amide bonds. The van der Waals surface area contributed by atoms with Gasteiger partial charge in [-0.2, -0.15) is 0 Å². The van der Waals surface area contributed by atoms with Crippen molar-refractivity contribution in [2.45, 2.75) is 18.9 Å². The molecule has 0 bridgehead atoms. The predicted molar refractivity (Wildman–Crippen MR) is 72.7 cm³/mol. The third kappa shape index (κ3) is 2.32. The van der Waals surface area contributed by atoms with Gasteiger partial charge in [0.05, 0.1) is 21.7 Å². The standard InChI is InChI=1S/C11H13N3O2S2/c15-18(16)5-2-8(3-6-18)14-11-10-9(1-4-17-10)12-7-13-11/h1,4,7-8H,2-3,5-6H2,(H,12,13,14). The normalized spacial score (nSPS) is 20.0. The summed E-state index contributed by atoms with van der Waals surface area (Å²) >= 11 is 1.60. The van der Waals surface area contributed by atoms with Crippen molar-refractivity contribution in [1.82, 2.24) is 9.97 Å². The fourth-order valence-corrected chi connectivity index (χ4v) is 4.41. The lowest BCUT2D eigenvalue weighted by molar-refractivity contribution is 0.559. The van der Waals surface area contributed by atoms with Crippen molar-refractivity contribution in [3.8, 4) is 0 Å². The highest BCUT2D eigenvalue weighted by molar-refractivity contribution is 7.91. The average molecular weight is 283 g/mol. The number of hydrogen-bond acceptors (Lipinski definition) is 6. The Hall–Kier alpha value is -1.21. The van der Waals surface area contributed by atoms with Gasteiger partial charge in [-0.15, -0.1) is 11.3 Å². The first kappa shape index (κ1) is 11.9. The Balaban J connectivity index is 1.79.